The molecule has 2 fully saturated rings. The zero-order valence-corrected chi connectivity index (χ0v) is 15.4. The molecule has 1 aromatic carbocycles. The van der Waals surface area contributed by atoms with E-state index in [1.54, 1.807) is 6.07 Å². The fourth-order valence-electron chi connectivity index (χ4n) is 2.88. The molecule has 1 aliphatic heterocycles. The number of rotatable bonds is 5. The van der Waals surface area contributed by atoms with E-state index in [-0.39, 0.29) is 18.1 Å². The van der Waals surface area contributed by atoms with Gasteiger partial charge in [-0.25, -0.2) is 4.98 Å². The van der Waals surface area contributed by atoms with Gasteiger partial charge in [-0.05, 0) is 43.2 Å². The first kappa shape index (κ1) is 18.9. The summed E-state index contributed by atoms with van der Waals surface area (Å²) in [6.45, 7) is 1.03. The Bertz CT molecular complexity index is 879. The van der Waals surface area contributed by atoms with Gasteiger partial charge >= 0.3 is 6.18 Å². The van der Waals surface area contributed by atoms with Gasteiger partial charge in [0.25, 0.3) is 5.91 Å². The lowest BCUT2D eigenvalue weighted by Crippen LogP contribution is -2.54. The van der Waals surface area contributed by atoms with Gasteiger partial charge in [0, 0.05) is 12.2 Å². The van der Waals surface area contributed by atoms with Gasteiger partial charge in [-0.3, -0.25) is 4.79 Å². The lowest BCUT2D eigenvalue weighted by molar-refractivity contribution is -0.137. The summed E-state index contributed by atoms with van der Waals surface area (Å²) in [5, 5.41) is 3.19. The van der Waals surface area contributed by atoms with Gasteiger partial charge in [-0.1, -0.05) is 11.6 Å². The zero-order chi connectivity index (χ0) is 19.9. The molecule has 1 amide bonds. The maximum absolute atomic E-state index is 12.6. The normalized spacial score (nSPS) is 17.2. The van der Waals surface area contributed by atoms with E-state index < -0.39 is 11.7 Å². The molecule has 2 aliphatic rings. The highest BCUT2D eigenvalue weighted by molar-refractivity contribution is 6.33. The number of aromatic nitrogens is 1. The second-order valence-corrected chi connectivity index (χ2v) is 7.34. The number of ether oxygens (including phenoxy) is 1. The molecule has 0 unspecified atom stereocenters. The molecular weight excluding hydrogens is 395 g/mol. The highest BCUT2D eigenvalue weighted by Crippen LogP contribution is 2.31. The molecule has 0 spiro atoms. The minimum absolute atomic E-state index is 0.169. The van der Waals surface area contributed by atoms with Crippen molar-refractivity contribution in [1.82, 2.24) is 10.3 Å². The van der Waals surface area contributed by atoms with Crippen molar-refractivity contribution in [2.24, 2.45) is 0 Å². The Balaban J connectivity index is 1.35. The van der Waals surface area contributed by atoms with Crippen LogP contribution in [0.4, 0.5) is 19.0 Å². The quantitative estimate of drug-likeness (QED) is 0.810. The van der Waals surface area contributed by atoms with Crippen LogP contribution in [-0.4, -0.2) is 36.1 Å². The molecule has 0 radical (unpaired) electrons. The smallest absolute Gasteiger partial charge is 0.416 e. The minimum Gasteiger partial charge on any atom is -0.487 e. The van der Waals surface area contributed by atoms with E-state index in [1.807, 2.05) is 4.90 Å². The molecule has 2 heterocycles. The summed E-state index contributed by atoms with van der Waals surface area (Å²) in [4.78, 5) is 18.4. The Labute approximate surface area is 164 Å². The van der Waals surface area contributed by atoms with Crippen LogP contribution in [0.2, 0.25) is 5.02 Å². The first-order valence-electron chi connectivity index (χ1n) is 8.85. The number of halogens is 4. The number of amides is 1. The summed E-state index contributed by atoms with van der Waals surface area (Å²) in [5.74, 6) is 0.776. The third kappa shape index (κ3) is 4.16. The van der Waals surface area contributed by atoms with Crippen molar-refractivity contribution >= 4 is 23.3 Å². The molecule has 9 heteroatoms. The van der Waals surface area contributed by atoms with E-state index in [4.69, 9.17) is 16.3 Å². The maximum atomic E-state index is 12.6. The van der Waals surface area contributed by atoms with Crippen LogP contribution in [0.1, 0.15) is 28.8 Å². The highest BCUT2D eigenvalue weighted by Gasteiger charge is 2.32. The Morgan fingerprint density at radius 3 is 2.50 bits per heavy atom. The SMILES string of the molecule is O=C(NC1CC1)c1cc(N2CC(Oc3ccc(C(F)(F)F)cc3)C2)ncc1Cl. The Morgan fingerprint density at radius 2 is 1.89 bits per heavy atom. The van der Waals surface area contributed by atoms with Crippen molar-refractivity contribution in [2.75, 3.05) is 18.0 Å². The molecule has 28 heavy (non-hydrogen) atoms. The number of carbonyl (C=O) groups excluding carboxylic acids is 1. The van der Waals surface area contributed by atoms with Gasteiger partial charge in [0.05, 0.1) is 29.2 Å². The number of nitrogens with zero attached hydrogens (tertiary/aromatic N) is 2. The number of carbonyl (C=O) groups is 1. The molecule has 148 valence electrons. The summed E-state index contributed by atoms with van der Waals surface area (Å²) in [7, 11) is 0. The molecular formula is C19H17ClF3N3O2. The summed E-state index contributed by atoms with van der Waals surface area (Å²) in [6.07, 6.45) is -1.12. The second kappa shape index (κ2) is 7.16. The van der Waals surface area contributed by atoms with Gasteiger partial charge in [-0.2, -0.15) is 13.2 Å². The topological polar surface area (TPSA) is 54.5 Å². The van der Waals surface area contributed by atoms with Gasteiger partial charge < -0.3 is 15.0 Å². The number of anilines is 1. The lowest BCUT2D eigenvalue weighted by Gasteiger charge is -2.40. The minimum atomic E-state index is -4.37. The number of hydrogen-bond donors (Lipinski definition) is 1. The van der Waals surface area contributed by atoms with Crippen LogP contribution in [0, 0.1) is 0 Å². The van der Waals surface area contributed by atoms with E-state index >= 15 is 0 Å². The van der Waals surface area contributed by atoms with E-state index in [0.717, 1.165) is 25.0 Å². The predicted octanol–water partition coefficient (Wildman–Crippen LogP) is 3.91. The molecule has 1 N–H and O–H groups in total. The molecule has 2 aromatic rings. The monoisotopic (exact) mass is 411 g/mol. The van der Waals surface area contributed by atoms with Crippen LogP contribution in [0.3, 0.4) is 0 Å². The molecule has 1 aromatic heterocycles. The van der Waals surface area contributed by atoms with Crippen molar-refractivity contribution in [2.45, 2.75) is 31.2 Å². The van der Waals surface area contributed by atoms with E-state index in [1.165, 1.54) is 18.3 Å². The molecule has 1 saturated heterocycles. The van der Waals surface area contributed by atoms with Crippen LogP contribution >= 0.6 is 11.6 Å². The highest BCUT2D eigenvalue weighted by atomic mass is 35.5. The van der Waals surface area contributed by atoms with E-state index in [2.05, 4.69) is 10.3 Å². The Kier molecular flexibility index (Phi) is 4.82. The summed E-state index contributed by atoms with van der Waals surface area (Å²) < 4.78 is 43.5. The zero-order valence-electron chi connectivity index (χ0n) is 14.7. The standard InChI is InChI=1S/C19H17ClF3N3O2/c20-16-8-24-17(7-15(16)18(27)25-12-3-4-12)26-9-14(10-26)28-13-5-1-11(2-6-13)19(21,22)23/h1-2,5-8,12,14H,3-4,9-10H2,(H,25,27). The molecule has 1 aliphatic carbocycles. The van der Waals surface area contributed by atoms with Gasteiger partial charge in [-0.15, -0.1) is 0 Å². The van der Waals surface area contributed by atoms with Gasteiger partial charge in [0.2, 0.25) is 0 Å². The van der Waals surface area contributed by atoms with Crippen molar-refractivity contribution in [1.29, 1.82) is 0 Å². The Morgan fingerprint density at radius 1 is 1.21 bits per heavy atom. The third-order valence-corrected chi connectivity index (χ3v) is 4.96. The van der Waals surface area contributed by atoms with Crippen LogP contribution in [-0.2, 0) is 6.18 Å². The number of alkyl halides is 3. The van der Waals surface area contributed by atoms with Crippen LogP contribution in [0.5, 0.6) is 5.75 Å². The van der Waals surface area contributed by atoms with E-state index in [9.17, 15) is 18.0 Å². The van der Waals surface area contributed by atoms with Crippen molar-refractivity contribution < 1.29 is 22.7 Å². The average Bonchev–Trinajstić information content (AvgIpc) is 3.42. The first-order chi connectivity index (χ1) is 13.3. The second-order valence-electron chi connectivity index (χ2n) is 6.94. The number of nitrogens with one attached hydrogen (secondary N) is 1. The largest absolute Gasteiger partial charge is 0.487 e. The van der Waals surface area contributed by atoms with Crippen LogP contribution in [0.15, 0.2) is 36.5 Å². The summed E-state index contributed by atoms with van der Waals surface area (Å²) >= 11 is 6.09. The van der Waals surface area contributed by atoms with Crippen molar-refractivity contribution in [3.05, 3.63) is 52.7 Å². The number of hydrogen-bond acceptors (Lipinski definition) is 4. The molecule has 0 bridgehead atoms. The molecule has 1 saturated carbocycles. The molecule has 5 nitrogen and oxygen atoms in total. The number of benzene rings is 1. The van der Waals surface area contributed by atoms with Crippen molar-refractivity contribution in [3.8, 4) is 5.75 Å². The van der Waals surface area contributed by atoms with E-state index in [0.29, 0.717) is 35.2 Å². The fourth-order valence-corrected chi connectivity index (χ4v) is 3.07. The van der Waals surface area contributed by atoms with Gasteiger partial charge in [0.15, 0.2) is 0 Å². The first-order valence-corrected chi connectivity index (χ1v) is 9.22. The predicted molar refractivity (Wildman–Crippen MR) is 97.8 cm³/mol. The molecule has 4 rings (SSSR count). The van der Waals surface area contributed by atoms with Crippen LogP contribution in [0.25, 0.3) is 0 Å². The average molecular weight is 412 g/mol. The summed E-state index contributed by atoms with van der Waals surface area (Å²) in [5.41, 5.74) is -0.330. The third-order valence-electron chi connectivity index (χ3n) is 4.65. The Hall–Kier alpha value is -2.48. The maximum Gasteiger partial charge on any atom is 0.416 e. The molecule has 0 atom stereocenters. The van der Waals surface area contributed by atoms with Gasteiger partial charge in [0.1, 0.15) is 17.7 Å². The lowest BCUT2D eigenvalue weighted by atomic mass is 10.1. The number of pyridine rings is 1. The van der Waals surface area contributed by atoms with Crippen molar-refractivity contribution in [3.63, 3.8) is 0 Å². The fraction of sp³-hybridized carbons (Fsp3) is 0.368. The summed E-state index contributed by atoms with van der Waals surface area (Å²) in [6, 6.07) is 6.49. The van der Waals surface area contributed by atoms with Crippen LogP contribution < -0.4 is 15.0 Å².